The molecule has 1 aliphatic carbocycles. The van der Waals surface area contributed by atoms with E-state index in [0.717, 1.165) is 25.7 Å². The maximum absolute atomic E-state index is 10.6. The van der Waals surface area contributed by atoms with Crippen LogP contribution in [0.15, 0.2) is 0 Å². The molecule has 0 radical (unpaired) electrons. The molecule has 0 unspecified atom stereocenters. The lowest BCUT2D eigenvalue weighted by Gasteiger charge is -2.30. The molecule has 0 aromatic carbocycles. The van der Waals surface area contributed by atoms with Crippen LogP contribution in [0.25, 0.3) is 0 Å². The normalized spacial score (nSPS) is 31.2. The van der Waals surface area contributed by atoms with E-state index in [1.54, 1.807) is 7.11 Å². The number of carboxylic acids is 1. The topological polar surface area (TPSA) is 72.5 Å². The first kappa shape index (κ1) is 10.5. The zero-order valence-corrected chi connectivity index (χ0v) is 7.90. The molecule has 1 rings (SSSR count). The maximum atomic E-state index is 10.6. The molecule has 0 spiro atoms. The average Bonchev–Trinajstić information content (AvgIpc) is 2.16. The molecular formula is C9H17NO3. The van der Waals surface area contributed by atoms with Gasteiger partial charge in [0, 0.05) is 7.11 Å². The van der Waals surface area contributed by atoms with Gasteiger partial charge in [-0.3, -0.25) is 4.79 Å². The summed E-state index contributed by atoms with van der Waals surface area (Å²) in [6.45, 7) is 0. The Morgan fingerprint density at radius 2 is 2.31 bits per heavy atom. The number of rotatable bonds is 3. The highest BCUT2D eigenvalue weighted by atomic mass is 16.5. The van der Waals surface area contributed by atoms with E-state index in [1.165, 1.54) is 0 Å². The quantitative estimate of drug-likeness (QED) is 0.678. The van der Waals surface area contributed by atoms with Crippen LogP contribution in [0.2, 0.25) is 0 Å². The molecule has 0 amide bonds. The third kappa shape index (κ3) is 2.67. The van der Waals surface area contributed by atoms with Crippen molar-refractivity contribution in [2.45, 2.75) is 37.8 Å². The first-order valence-electron chi connectivity index (χ1n) is 4.66. The van der Waals surface area contributed by atoms with Crippen LogP contribution < -0.4 is 5.73 Å². The van der Waals surface area contributed by atoms with E-state index in [2.05, 4.69) is 0 Å². The Morgan fingerprint density at radius 3 is 2.85 bits per heavy atom. The van der Waals surface area contributed by atoms with Crippen LogP contribution in [-0.4, -0.2) is 30.3 Å². The van der Waals surface area contributed by atoms with E-state index in [0.29, 0.717) is 0 Å². The summed E-state index contributed by atoms with van der Waals surface area (Å²) in [4.78, 5) is 10.6. The Balaban J connectivity index is 2.46. The molecule has 0 aromatic heterocycles. The van der Waals surface area contributed by atoms with Crippen LogP contribution >= 0.6 is 0 Å². The smallest absolute Gasteiger partial charge is 0.320 e. The van der Waals surface area contributed by atoms with Crippen molar-refractivity contribution in [3.63, 3.8) is 0 Å². The lowest BCUT2D eigenvalue weighted by molar-refractivity contribution is -0.140. The number of carboxylic acid groups (broad SMARTS) is 1. The van der Waals surface area contributed by atoms with Gasteiger partial charge in [-0.2, -0.15) is 0 Å². The highest BCUT2D eigenvalue weighted by Gasteiger charge is 2.29. The second kappa shape index (κ2) is 4.58. The number of methoxy groups -OCH3 is 1. The average molecular weight is 187 g/mol. The zero-order chi connectivity index (χ0) is 9.84. The molecule has 3 atom stereocenters. The fraction of sp³-hybridized carbons (Fsp3) is 0.889. The second-order valence-corrected chi connectivity index (χ2v) is 3.65. The van der Waals surface area contributed by atoms with Gasteiger partial charge < -0.3 is 15.6 Å². The van der Waals surface area contributed by atoms with Gasteiger partial charge in [-0.05, 0) is 25.2 Å². The van der Waals surface area contributed by atoms with Crippen molar-refractivity contribution in [1.82, 2.24) is 0 Å². The lowest BCUT2D eigenvalue weighted by atomic mass is 9.82. The third-order valence-corrected chi connectivity index (χ3v) is 2.79. The summed E-state index contributed by atoms with van der Waals surface area (Å²) in [5.41, 5.74) is 5.55. The van der Waals surface area contributed by atoms with E-state index in [9.17, 15) is 4.79 Å². The van der Waals surface area contributed by atoms with Crippen LogP contribution in [0.1, 0.15) is 25.7 Å². The first-order valence-corrected chi connectivity index (χ1v) is 4.66. The van der Waals surface area contributed by atoms with Crippen molar-refractivity contribution in [3.05, 3.63) is 0 Å². The summed E-state index contributed by atoms with van der Waals surface area (Å²) in [6.07, 6.45) is 3.94. The van der Waals surface area contributed by atoms with Crippen molar-refractivity contribution in [2.75, 3.05) is 7.11 Å². The maximum Gasteiger partial charge on any atom is 0.320 e. The Kier molecular flexibility index (Phi) is 3.69. The number of ether oxygens (including phenoxy) is 1. The van der Waals surface area contributed by atoms with E-state index in [1.807, 2.05) is 0 Å². The Hall–Kier alpha value is -0.610. The van der Waals surface area contributed by atoms with Crippen LogP contribution in [0.4, 0.5) is 0 Å². The molecule has 76 valence electrons. The second-order valence-electron chi connectivity index (χ2n) is 3.65. The summed E-state index contributed by atoms with van der Waals surface area (Å²) >= 11 is 0. The van der Waals surface area contributed by atoms with Gasteiger partial charge in [-0.25, -0.2) is 0 Å². The van der Waals surface area contributed by atoms with Crippen LogP contribution in [0.5, 0.6) is 0 Å². The Bertz CT molecular complexity index is 184. The Labute approximate surface area is 78.1 Å². The number of nitrogens with two attached hydrogens (primary N) is 1. The summed E-state index contributed by atoms with van der Waals surface area (Å²) in [6, 6.07) is -0.724. The highest BCUT2D eigenvalue weighted by molar-refractivity contribution is 5.73. The SMILES string of the molecule is CO[C@@H]1CCC[C@H]([C@@H](N)C(=O)O)C1. The lowest BCUT2D eigenvalue weighted by Crippen LogP contribution is -2.41. The number of carbonyl (C=O) groups is 1. The van der Waals surface area contributed by atoms with Crippen LogP contribution in [0, 0.1) is 5.92 Å². The van der Waals surface area contributed by atoms with Gasteiger partial charge in [-0.15, -0.1) is 0 Å². The van der Waals surface area contributed by atoms with E-state index in [4.69, 9.17) is 15.6 Å². The van der Waals surface area contributed by atoms with Gasteiger partial charge in [0.15, 0.2) is 0 Å². The molecule has 0 aromatic rings. The van der Waals surface area contributed by atoms with Crippen molar-refractivity contribution in [1.29, 1.82) is 0 Å². The third-order valence-electron chi connectivity index (χ3n) is 2.79. The van der Waals surface area contributed by atoms with Gasteiger partial charge >= 0.3 is 5.97 Å². The molecule has 1 aliphatic rings. The van der Waals surface area contributed by atoms with Crippen molar-refractivity contribution in [3.8, 4) is 0 Å². The molecule has 1 fully saturated rings. The number of hydrogen-bond donors (Lipinski definition) is 2. The van der Waals surface area contributed by atoms with Gasteiger partial charge in [0.2, 0.25) is 0 Å². The minimum atomic E-state index is -0.901. The van der Waals surface area contributed by atoms with Crippen molar-refractivity contribution >= 4 is 5.97 Å². The summed E-state index contributed by atoms with van der Waals surface area (Å²) in [7, 11) is 1.67. The zero-order valence-electron chi connectivity index (χ0n) is 7.90. The molecule has 0 aliphatic heterocycles. The number of aliphatic carboxylic acids is 1. The van der Waals surface area contributed by atoms with Crippen molar-refractivity contribution in [2.24, 2.45) is 11.7 Å². The van der Waals surface area contributed by atoms with Crippen molar-refractivity contribution < 1.29 is 14.6 Å². The molecule has 4 nitrogen and oxygen atoms in total. The van der Waals surface area contributed by atoms with Gasteiger partial charge in [0.05, 0.1) is 6.10 Å². The summed E-state index contributed by atoms with van der Waals surface area (Å²) < 4.78 is 5.20. The number of hydrogen-bond acceptors (Lipinski definition) is 3. The predicted molar refractivity (Wildman–Crippen MR) is 48.4 cm³/mol. The molecule has 4 heteroatoms. The fourth-order valence-electron chi connectivity index (χ4n) is 1.92. The highest BCUT2D eigenvalue weighted by Crippen LogP contribution is 2.27. The van der Waals surface area contributed by atoms with Gasteiger partial charge in [0.1, 0.15) is 6.04 Å². The molecule has 13 heavy (non-hydrogen) atoms. The molecule has 0 bridgehead atoms. The largest absolute Gasteiger partial charge is 0.480 e. The standard InChI is InChI=1S/C9H17NO3/c1-13-7-4-2-3-6(5-7)8(10)9(11)12/h6-8H,2-5,10H2,1H3,(H,11,12)/t6-,7+,8+/m0/s1. The minimum absolute atomic E-state index is 0.0798. The van der Waals surface area contributed by atoms with Crippen LogP contribution in [0.3, 0.4) is 0 Å². The van der Waals surface area contributed by atoms with E-state index < -0.39 is 12.0 Å². The van der Waals surface area contributed by atoms with Gasteiger partial charge in [-0.1, -0.05) is 6.42 Å². The van der Waals surface area contributed by atoms with E-state index in [-0.39, 0.29) is 12.0 Å². The summed E-state index contributed by atoms with van der Waals surface area (Å²) in [5.74, 6) is -0.821. The molecule has 0 saturated heterocycles. The Morgan fingerprint density at radius 1 is 1.62 bits per heavy atom. The molecular weight excluding hydrogens is 170 g/mol. The first-order chi connectivity index (χ1) is 6.15. The summed E-state index contributed by atoms with van der Waals surface area (Å²) in [5, 5.41) is 8.73. The van der Waals surface area contributed by atoms with Crippen LogP contribution in [-0.2, 0) is 9.53 Å². The minimum Gasteiger partial charge on any atom is -0.480 e. The molecule has 1 saturated carbocycles. The van der Waals surface area contributed by atoms with E-state index >= 15 is 0 Å². The fourth-order valence-corrected chi connectivity index (χ4v) is 1.92. The molecule has 0 heterocycles. The predicted octanol–water partition coefficient (Wildman–Crippen LogP) is 0.603. The molecule has 3 N–H and O–H groups in total. The monoisotopic (exact) mass is 187 g/mol. The van der Waals surface area contributed by atoms with Gasteiger partial charge in [0.25, 0.3) is 0 Å².